The lowest BCUT2D eigenvalue weighted by Gasteiger charge is -2.35. The van der Waals surface area contributed by atoms with Crippen LogP contribution in [-0.2, 0) is 11.4 Å². The van der Waals surface area contributed by atoms with E-state index in [2.05, 4.69) is 42.3 Å². The molecule has 1 saturated carbocycles. The number of thiazole rings is 1. The number of nitrogens with zero attached hydrogens (tertiary/aromatic N) is 3. The van der Waals surface area contributed by atoms with E-state index in [0.29, 0.717) is 6.61 Å². The highest BCUT2D eigenvalue weighted by atomic mass is 32.1. The maximum Gasteiger partial charge on any atom is 0.307 e. The van der Waals surface area contributed by atoms with E-state index >= 15 is 0 Å². The maximum atomic E-state index is 13.2. The van der Waals surface area contributed by atoms with Gasteiger partial charge in [0, 0.05) is 42.7 Å². The first-order valence-electron chi connectivity index (χ1n) is 14.8. The summed E-state index contributed by atoms with van der Waals surface area (Å²) in [4.78, 5) is 34.2. The average Bonchev–Trinajstić information content (AvgIpc) is 3.56. The number of carbonyl (C=O) groups excluding carboxylic acids is 1. The standard InChI is InChI=1S/C33H39N3O4S/c1-20-7-10-29(40-18-25-14-22(3)26(15-21(25)2)31(37)35-11-5-4-6-12-35)27(13-20)28-19-41-33(34-28)36-16-23-8-9-24(17-36)30(23)32(38)39/h7,10,13-15,19,23-24,30H,4-6,8-9,11-12,16-18H2,1-3H3,(H,38,39). The minimum absolute atomic E-state index is 0.137. The van der Waals surface area contributed by atoms with Gasteiger partial charge in [-0.15, -0.1) is 11.3 Å². The van der Waals surface area contributed by atoms with E-state index in [1.54, 1.807) is 11.3 Å². The zero-order valence-electron chi connectivity index (χ0n) is 24.2. The molecule has 3 aliphatic rings. The lowest BCUT2D eigenvalue weighted by atomic mass is 9.85. The minimum Gasteiger partial charge on any atom is -0.488 e. The number of amides is 1. The predicted molar refractivity (Wildman–Crippen MR) is 162 cm³/mol. The van der Waals surface area contributed by atoms with Crippen LogP contribution in [0.5, 0.6) is 5.75 Å². The average molecular weight is 574 g/mol. The smallest absolute Gasteiger partial charge is 0.307 e. The topological polar surface area (TPSA) is 83.0 Å². The molecular weight excluding hydrogens is 534 g/mol. The normalized spacial score (nSPS) is 22.2. The molecule has 7 nitrogen and oxygen atoms in total. The lowest BCUT2D eigenvalue weighted by molar-refractivity contribution is -0.144. The molecule has 2 aromatic carbocycles. The van der Waals surface area contributed by atoms with Crippen molar-refractivity contribution in [2.75, 3.05) is 31.1 Å². The number of benzene rings is 2. The largest absolute Gasteiger partial charge is 0.488 e. The van der Waals surface area contributed by atoms with E-state index in [-0.39, 0.29) is 23.7 Å². The van der Waals surface area contributed by atoms with Crippen molar-refractivity contribution in [1.29, 1.82) is 0 Å². The van der Waals surface area contributed by atoms with Crippen molar-refractivity contribution in [2.45, 2.75) is 59.5 Å². The molecule has 1 N–H and O–H groups in total. The second kappa shape index (κ2) is 11.5. The predicted octanol–water partition coefficient (Wildman–Crippen LogP) is 6.49. The fourth-order valence-electron chi connectivity index (χ4n) is 6.97. The number of carboxylic acids is 1. The number of fused-ring (bicyclic) bond motifs is 2. The number of ether oxygens (including phenoxy) is 1. The van der Waals surface area contributed by atoms with Crippen LogP contribution in [0.1, 0.15) is 64.7 Å². The number of anilines is 1. The molecule has 1 amide bonds. The van der Waals surface area contributed by atoms with Gasteiger partial charge in [-0.1, -0.05) is 17.7 Å². The second-order valence-corrected chi connectivity index (χ2v) is 13.0. The quantitative estimate of drug-likeness (QED) is 0.348. The molecular formula is C33H39N3O4S. The molecule has 3 aromatic rings. The summed E-state index contributed by atoms with van der Waals surface area (Å²) >= 11 is 1.62. The van der Waals surface area contributed by atoms with Gasteiger partial charge in [-0.2, -0.15) is 0 Å². The number of carboxylic acid groups (broad SMARTS) is 1. The van der Waals surface area contributed by atoms with Crippen LogP contribution in [0, 0.1) is 38.5 Å². The molecule has 2 bridgehead atoms. The van der Waals surface area contributed by atoms with Gasteiger partial charge in [0.25, 0.3) is 5.91 Å². The first kappa shape index (κ1) is 27.8. The molecule has 0 radical (unpaired) electrons. The van der Waals surface area contributed by atoms with Crippen LogP contribution in [0.3, 0.4) is 0 Å². The fourth-order valence-corrected chi connectivity index (χ4v) is 7.82. The third-order valence-corrected chi connectivity index (χ3v) is 10.1. The van der Waals surface area contributed by atoms with Crippen molar-refractivity contribution in [3.05, 3.63) is 63.5 Å². The second-order valence-electron chi connectivity index (χ2n) is 12.1. The van der Waals surface area contributed by atoms with Crippen LogP contribution in [0.25, 0.3) is 11.3 Å². The molecule has 3 heterocycles. The Labute approximate surface area is 246 Å². The SMILES string of the molecule is Cc1ccc(OCc2cc(C)c(C(=O)N3CCCCC3)cc2C)c(-c2csc(N3CC4CCC(C3)C4C(=O)O)n2)c1. The molecule has 8 heteroatoms. The molecule has 2 saturated heterocycles. The number of hydrogen-bond acceptors (Lipinski definition) is 6. The third kappa shape index (κ3) is 5.59. The van der Waals surface area contributed by atoms with Crippen molar-refractivity contribution in [1.82, 2.24) is 9.88 Å². The van der Waals surface area contributed by atoms with E-state index < -0.39 is 5.97 Å². The highest BCUT2D eigenvalue weighted by Gasteiger charge is 2.46. The first-order chi connectivity index (χ1) is 19.8. The highest BCUT2D eigenvalue weighted by molar-refractivity contribution is 7.14. The van der Waals surface area contributed by atoms with Crippen molar-refractivity contribution < 1.29 is 19.4 Å². The zero-order valence-corrected chi connectivity index (χ0v) is 25.0. The number of aromatic nitrogens is 1. The summed E-state index contributed by atoms with van der Waals surface area (Å²) < 4.78 is 6.41. The van der Waals surface area contributed by atoms with E-state index in [9.17, 15) is 14.7 Å². The van der Waals surface area contributed by atoms with Crippen molar-refractivity contribution in [3.8, 4) is 17.0 Å². The van der Waals surface area contributed by atoms with E-state index in [4.69, 9.17) is 9.72 Å². The Morgan fingerprint density at radius 3 is 2.44 bits per heavy atom. The lowest BCUT2D eigenvalue weighted by Crippen LogP contribution is -2.44. The Bertz CT molecular complexity index is 1450. The van der Waals surface area contributed by atoms with Gasteiger partial charge in [0.15, 0.2) is 5.13 Å². The van der Waals surface area contributed by atoms with Crippen LogP contribution in [0.15, 0.2) is 35.7 Å². The summed E-state index contributed by atoms with van der Waals surface area (Å²) in [5.74, 6) is 0.453. The summed E-state index contributed by atoms with van der Waals surface area (Å²) in [6.07, 6.45) is 5.34. The van der Waals surface area contributed by atoms with E-state index in [1.807, 2.05) is 24.0 Å². The number of hydrogen-bond donors (Lipinski definition) is 1. The van der Waals surface area contributed by atoms with Crippen LogP contribution in [0.4, 0.5) is 5.13 Å². The Hall–Kier alpha value is -3.39. The molecule has 2 atom stereocenters. The van der Waals surface area contributed by atoms with Crippen molar-refractivity contribution in [3.63, 3.8) is 0 Å². The molecule has 1 aliphatic carbocycles. The Morgan fingerprint density at radius 2 is 1.73 bits per heavy atom. The molecule has 216 valence electrons. The number of carbonyl (C=O) groups is 2. The summed E-state index contributed by atoms with van der Waals surface area (Å²) in [5.41, 5.74) is 6.88. The van der Waals surface area contributed by atoms with Crippen LogP contribution >= 0.6 is 11.3 Å². The Balaban J connectivity index is 1.18. The molecule has 2 unspecified atom stereocenters. The molecule has 0 spiro atoms. The van der Waals surface area contributed by atoms with Gasteiger partial charge in [0.2, 0.25) is 0 Å². The van der Waals surface area contributed by atoms with Gasteiger partial charge < -0.3 is 19.6 Å². The fraction of sp³-hybridized carbons (Fsp3) is 0.485. The maximum absolute atomic E-state index is 13.2. The number of rotatable bonds is 7. The summed E-state index contributed by atoms with van der Waals surface area (Å²) in [6, 6.07) is 10.3. The Kier molecular flexibility index (Phi) is 7.77. The van der Waals surface area contributed by atoms with E-state index in [1.165, 1.54) is 6.42 Å². The summed E-state index contributed by atoms with van der Waals surface area (Å²) in [7, 11) is 0. The van der Waals surface area contributed by atoms with E-state index in [0.717, 1.165) is 102 Å². The van der Waals surface area contributed by atoms with Gasteiger partial charge in [-0.3, -0.25) is 9.59 Å². The molecule has 41 heavy (non-hydrogen) atoms. The van der Waals surface area contributed by atoms with Crippen LogP contribution < -0.4 is 9.64 Å². The number of piperidine rings is 2. The number of aliphatic carboxylic acids is 1. The summed E-state index contributed by atoms with van der Waals surface area (Å²) in [6.45, 7) is 9.74. The monoisotopic (exact) mass is 573 g/mol. The van der Waals surface area contributed by atoms with Gasteiger partial charge in [-0.05, 0) is 99.6 Å². The molecule has 3 fully saturated rings. The molecule has 2 aliphatic heterocycles. The molecule has 1 aromatic heterocycles. The third-order valence-electron chi connectivity index (χ3n) is 9.23. The van der Waals surface area contributed by atoms with Gasteiger partial charge >= 0.3 is 5.97 Å². The van der Waals surface area contributed by atoms with Crippen LogP contribution in [-0.4, -0.2) is 53.0 Å². The molecule has 6 rings (SSSR count). The van der Waals surface area contributed by atoms with Gasteiger partial charge in [0.1, 0.15) is 12.4 Å². The Morgan fingerprint density at radius 1 is 1.00 bits per heavy atom. The first-order valence-corrected chi connectivity index (χ1v) is 15.7. The summed E-state index contributed by atoms with van der Waals surface area (Å²) in [5, 5.41) is 12.7. The highest BCUT2D eigenvalue weighted by Crippen LogP contribution is 2.44. The van der Waals surface area contributed by atoms with Crippen molar-refractivity contribution >= 4 is 28.3 Å². The zero-order chi connectivity index (χ0) is 28.7. The number of aryl methyl sites for hydroxylation is 3. The van der Waals surface area contributed by atoms with Crippen LogP contribution in [0.2, 0.25) is 0 Å². The minimum atomic E-state index is -0.646. The van der Waals surface area contributed by atoms with Gasteiger partial charge in [0.05, 0.1) is 11.6 Å². The van der Waals surface area contributed by atoms with Gasteiger partial charge in [-0.25, -0.2) is 4.98 Å². The number of likely N-dealkylation sites (tertiary alicyclic amines) is 1. The van der Waals surface area contributed by atoms with Crippen molar-refractivity contribution in [2.24, 2.45) is 17.8 Å².